The number of aromatic nitrogens is 1. The number of aliphatic hydroxyl groups is 1. The molecule has 104 valence electrons. The van der Waals surface area contributed by atoms with Gasteiger partial charge in [0.25, 0.3) is 5.88 Å². The molecule has 1 heterocycles. The van der Waals surface area contributed by atoms with Gasteiger partial charge in [-0.3, -0.25) is 10.1 Å². The maximum Gasteiger partial charge on any atom is 0.333 e. The maximum atomic E-state index is 11.0. The lowest BCUT2D eigenvalue weighted by Gasteiger charge is -2.27. The van der Waals surface area contributed by atoms with Gasteiger partial charge in [-0.05, 0) is 44.6 Å². The molecular formula is C13H18N2O4. The van der Waals surface area contributed by atoms with Crippen LogP contribution in [0.2, 0.25) is 0 Å². The molecule has 1 aliphatic rings. The van der Waals surface area contributed by atoms with E-state index in [0.29, 0.717) is 11.5 Å². The first-order valence-corrected chi connectivity index (χ1v) is 6.49. The van der Waals surface area contributed by atoms with Crippen LogP contribution in [-0.2, 0) is 0 Å². The second kappa shape index (κ2) is 5.97. The molecule has 1 saturated carbocycles. The fourth-order valence-corrected chi connectivity index (χ4v) is 2.42. The van der Waals surface area contributed by atoms with Crippen LogP contribution in [0.15, 0.2) is 12.3 Å². The maximum absolute atomic E-state index is 11.0. The van der Waals surface area contributed by atoms with Gasteiger partial charge in [0.15, 0.2) is 0 Å². The molecule has 0 radical (unpaired) electrons. The number of ether oxygens (including phenoxy) is 1. The Morgan fingerprint density at radius 2 is 2.16 bits per heavy atom. The second-order valence-corrected chi connectivity index (χ2v) is 4.98. The van der Waals surface area contributed by atoms with Crippen molar-refractivity contribution >= 4 is 5.69 Å². The minimum absolute atomic E-state index is 0.0456. The minimum Gasteiger partial charge on any atom is -0.469 e. The van der Waals surface area contributed by atoms with Crippen molar-refractivity contribution in [2.45, 2.75) is 38.7 Å². The summed E-state index contributed by atoms with van der Waals surface area (Å²) in [5.41, 5.74) is 0.505. The smallest absolute Gasteiger partial charge is 0.333 e. The lowest BCUT2D eigenvalue weighted by atomic mass is 9.88. The molecule has 6 nitrogen and oxygen atoms in total. The van der Waals surface area contributed by atoms with Crippen LogP contribution in [0, 0.1) is 23.0 Å². The molecule has 19 heavy (non-hydrogen) atoms. The van der Waals surface area contributed by atoms with Gasteiger partial charge in [-0.15, -0.1) is 0 Å². The number of rotatable bonds is 4. The lowest BCUT2D eigenvalue weighted by Crippen LogP contribution is -2.26. The van der Waals surface area contributed by atoms with Crippen molar-refractivity contribution < 1.29 is 14.8 Å². The number of pyridine rings is 1. The van der Waals surface area contributed by atoms with Crippen LogP contribution >= 0.6 is 0 Å². The monoisotopic (exact) mass is 266 g/mol. The van der Waals surface area contributed by atoms with Gasteiger partial charge in [0.05, 0.1) is 4.92 Å². The second-order valence-electron chi connectivity index (χ2n) is 4.98. The topological polar surface area (TPSA) is 85.5 Å². The van der Waals surface area contributed by atoms with Gasteiger partial charge in [-0.1, -0.05) is 0 Å². The number of hydrogen-bond donors (Lipinski definition) is 1. The number of nitro groups is 1. The molecule has 0 saturated heterocycles. The molecule has 0 atom stereocenters. The van der Waals surface area contributed by atoms with Gasteiger partial charge in [0, 0.05) is 18.4 Å². The summed E-state index contributed by atoms with van der Waals surface area (Å²) in [6.45, 7) is 1.88. The standard InChI is InChI=1S/C13H18N2O4/c1-9-6-7-14-13(12(9)15(17)18)19-11-4-2-10(8-16)3-5-11/h6-7,10-11,16H,2-5,8H2,1H3. The average molecular weight is 266 g/mol. The summed E-state index contributed by atoms with van der Waals surface area (Å²) in [5.74, 6) is 0.442. The molecule has 1 aromatic heterocycles. The van der Waals surface area contributed by atoms with Crippen LogP contribution in [0.5, 0.6) is 5.88 Å². The first-order valence-electron chi connectivity index (χ1n) is 6.49. The molecule has 1 aliphatic carbocycles. The van der Waals surface area contributed by atoms with Crippen molar-refractivity contribution in [3.8, 4) is 5.88 Å². The van der Waals surface area contributed by atoms with Gasteiger partial charge in [-0.25, -0.2) is 4.98 Å². The van der Waals surface area contributed by atoms with Crippen LogP contribution in [0.3, 0.4) is 0 Å². The van der Waals surface area contributed by atoms with E-state index in [0.717, 1.165) is 25.7 Å². The third-order valence-electron chi connectivity index (χ3n) is 3.61. The minimum atomic E-state index is -0.447. The van der Waals surface area contributed by atoms with Crippen molar-refractivity contribution in [1.29, 1.82) is 0 Å². The molecule has 1 fully saturated rings. The summed E-state index contributed by atoms with van der Waals surface area (Å²) >= 11 is 0. The first kappa shape index (κ1) is 13.7. The Hall–Kier alpha value is -1.69. The fourth-order valence-electron chi connectivity index (χ4n) is 2.42. The summed E-state index contributed by atoms with van der Waals surface area (Å²) in [6.07, 6.45) is 4.87. The van der Waals surface area contributed by atoms with Crippen molar-refractivity contribution in [2.24, 2.45) is 5.92 Å². The first-order chi connectivity index (χ1) is 9.11. The highest BCUT2D eigenvalue weighted by Gasteiger charge is 2.26. The molecule has 1 N–H and O–H groups in total. The Balaban J connectivity index is 2.08. The van der Waals surface area contributed by atoms with Crippen molar-refractivity contribution in [1.82, 2.24) is 4.98 Å². The van der Waals surface area contributed by atoms with E-state index in [9.17, 15) is 10.1 Å². The molecule has 0 amide bonds. The largest absolute Gasteiger partial charge is 0.469 e. The molecule has 0 bridgehead atoms. The van der Waals surface area contributed by atoms with E-state index in [1.807, 2.05) is 0 Å². The highest BCUT2D eigenvalue weighted by Crippen LogP contribution is 2.32. The molecular weight excluding hydrogens is 248 g/mol. The van der Waals surface area contributed by atoms with Gasteiger partial charge in [0.1, 0.15) is 6.10 Å². The van der Waals surface area contributed by atoms with E-state index in [1.165, 1.54) is 6.20 Å². The van der Waals surface area contributed by atoms with E-state index >= 15 is 0 Å². The zero-order valence-corrected chi connectivity index (χ0v) is 10.9. The van der Waals surface area contributed by atoms with Gasteiger partial charge in [0.2, 0.25) is 0 Å². The predicted molar refractivity (Wildman–Crippen MR) is 69.1 cm³/mol. The van der Waals surface area contributed by atoms with Crippen LogP contribution < -0.4 is 4.74 Å². The van der Waals surface area contributed by atoms with Crippen molar-refractivity contribution in [3.63, 3.8) is 0 Å². The lowest BCUT2D eigenvalue weighted by molar-refractivity contribution is -0.387. The third-order valence-corrected chi connectivity index (χ3v) is 3.61. The molecule has 0 spiro atoms. The fraction of sp³-hybridized carbons (Fsp3) is 0.615. The van der Waals surface area contributed by atoms with Gasteiger partial charge >= 0.3 is 5.69 Å². The van der Waals surface area contributed by atoms with Crippen molar-refractivity contribution in [3.05, 3.63) is 27.9 Å². The van der Waals surface area contributed by atoms with Crippen LogP contribution in [0.25, 0.3) is 0 Å². The van der Waals surface area contributed by atoms with Crippen molar-refractivity contribution in [2.75, 3.05) is 6.61 Å². The zero-order chi connectivity index (χ0) is 13.8. The van der Waals surface area contributed by atoms with E-state index in [2.05, 4.69) is 4.98 Å². The molecule has 0 aromatic carbocycles. The Bertz CT molecular complexity index is 456. The SMILES string of the molecule is Cc1ccnc(OC2CCC(CO)CC2)c1[N+](=O)[O-]. The highest BCUT2D eigenvalue weighted by atomic mass is 16.6. The van der Waals surface area contributed by atoms with Gasteiger partial charge in [-0.2, -0.15) is 0 Å². The highest BCUT2D eigenvalue weighted by molar-refractivity contribution is 5.47. The number of nitrogens with zero attached hydrogens (tertiary/aromatic N) is 2. The molecule has 6 heteroatoms. The Kier molecular flexibility index (Phi) is 4.31. The number of hydrogen-bond acceptors (Lipinski definition) is 5. The van der Waals surface area contributed by atoms with Gasteiger partial charge < -0.3 is 9.84 Å². The average Bonchev–Trinajstić information content (AvgIpc) is 2.39. The van der Waals surface area contributed by atoms with Crippen LogP contribution in [-0.4, -0.2) is 27.7 Å². The molecule has 0 unspecified atom stereocenters. The summed E-state index contributed by atoms with van der Waals surface area (Å²) < 4.78 is 5.69. The Labute approximate surface area is 111 Å². The summed E-state index contributed by atoms with van der Waals surface area (Å²) in [5, 5.41) is 20.1. The summed E-state index contributed by atoms with van der Waals surface area (Å²) in [4.78, 5) is 14.6. The molecule has 0 aliphatic heterocycles. The zero-order valence-electron chi connectivity index (χ0n) is 10.9. The quantitative estimate of drug-likeness (QED) is 0.667. The molecule has 2 rings (SSSR count). The number of aliphatic hydroxyl groups excluding tert-OH is 1. The Morgan fingerprint density at radius 1 is 1.47 bits per heavy atom. The van der Waals surface area contributed by atoms with Crippen LogP contribution in [0.1, 0.15) is 31.2 Å². The van der Waals surface area contributed by atoms with E-state index in [4.69, 9.17) is 9.84 Å². The number of aryl methyl sites for hydroxylation is 1. The summed E-state index contributed by atoms with van der Waals surface area (Å²) in [6, 6.07) is 1.60. The predicted octanol–water partition coefficient (Wildman–Crippen LogP) is 2.23. The third kappa shape index (κ3) is 3.20. The Morgan fingerprint density at radius 3 is 2.74 bits per heavy atom. The normalized spacial score (nSPS) is 23.1. The van der Waals surface area contributed by atoms with E-state index in [-0.39, 0.29) is 24.3 Å². The summed E-state index contributed by atoms with van der Waals surface area (Å²) in [7, 11) is 0. The van der Waals surface area contributed by atoms with E-state index < -0.39 is 4.92 Å². The molecule has 1 aromatic rings. The van der Waals surface area contributed by atoms with Crippen LogP contribution in [0.4, 0.5) is 5.69 Å². The van der Waals surface area contributed by atoms with E-state index in [1.54, 1.807) is 13.0 Å².